The van der Waals surface area contributed by atoms with Crippen LogP contribution in [-0.4, -0.2) is 51.4 Å². The maximum Gasteiger partial charge on any atom is 0.264 e. The number of amides is 2. The number of aryl methyl sites for hydroxylation is 2. The van der Waals surface area contributed by atoms with E-state index in [-0.39, 0.29) is 23.8 Å². The molecule has 1 N–H and O–H groups in total. The normalized spacial score (nSPS) is 11.9. The van der Waals surface area contributed by atoms with Crippen molar-refractivity contribution in [3.8, 4) is 5.75 Å². The van der Waals surface area contributed by atoms with Crippen LogP contribution in [0.4, 0.5) is 5.69 Å². The van der Waals surface area contributed by atoms with Crippen LogP contribution in [0, 0.1) is 13.8 Å². The number of nitrogens with zero attached hydrogens (tertiary/aromatic N) is 2. The standard InChI is InChI=1S/C37H42BrN3O5S/c1-5-6-22-39-37(43)34(23-29-13-8-7-9-14-29)40(25-30-15-11-10-12-28(30)3)36(42)26-41(31-18-16-27(2)17-19-31)47(44,45)32-20-21-35(46-4)33(38)24-32/h7-21,24,34H,5-6,22-23,25-26H2,1-4H3,(H,39,43)/t34-/m0/s1. The number of sulfonamides is 1. The fourth-order valence-electron chi connectivity index (χ4n) is 5.21. The molecule has 0 saturated heterocycles. The monoisotopic (exact) mass is 719 g/mol. The molecule has 0 saturated carbocycles. The van der Waals surface area contributed by atoms with Crippen LogP contribution in [-0.2, 0) is 32.6 Å². The number of anilines is 1. The fraction of sp³-hybridized carbons (Fsp3) is 0.297. The molecule has 0 spiro atoms. The molecule has 8 nitrogen and oxygen atoms in total. The molecule has 10 heteroatoms. The molecule has 47 heavy (non-hydrogen) atoms. The summed E-state index contributed by atoms with van der Waals surface area (Å²) in [7, 11) is -2.75. The Labute approximate surface area is 286 Å². The van der Waals surface area contributed by atoms with Crippen LogP contribution in [0.25, 0.3) is 0 Å². The zero-order valence-corrected chi connectivity index (χ0v) is 29.7. The van der Waals surface area contributed by atoms with E-state index in [1.165, 1.54) is 24.1 Å². The molecule has 0 aliphatic carbocycles. The van der Waals surface area contributed by atoms with Crippen LogP contribution in [0.15, 0.2) is 106 Å². The summed E-state index contributed by atoms with van der Waals surface area (Å²) < 4.78 is 35.5. The van der Waals surface area contributed by atoms with Gasteiger partial charge in [0.05, 0.1) is 22.2 Å². The number of hydrogen-bond donors (Lipinski definition) is 1. The van der Waals surface area contributed by atoms with E-state index in [2.05, 4.69) is 21.2 Å². The molecule has 0 aromatic heterocycles. The van der Waals surface area contributed by atoms with Crippen LogP contribution in [0.2, 0.25) is 0 Å². The van der Waals surface area contributed by atoms with Crippen molar-refractivity contribution in [2.45, 2.75) is 57.5 Å². The highest BCUT2D eigenvalue weighted by atomic mass is 79.9. The molecule has 0 heterocycles. The van der Waals surface area contributed by atoms with Gasteiger partial charge in [0.1, 0.15) is 18.3 Å². The van der Waals surface area contributed by atoms with E-state index in [0.717, 1.165) is 39.4 Å². The Morgan fingerprint density at radius 2 is 1.60 bits per heavy atom. The molecule has 1 atom stereocenters. The molecule has 4 aromatic rings. The molecular weight excluding hydrogens is 678 g/mol. The van der Waals surface area contributed by atoms with Crippen molar-refractivity contribution in [2.75, 3.05) is 24.5 Å². The summed E-state index contributed by atoms with van der Waals surface area (Å²) >= 11 is 3.40. The molecule has 0 bridgehead atoms. The first-order valence-electron chi connectivity index (χ1n) is 15.6. The van der Waals surface area contributed by atoms with E-state index in [9.17, 15) is 18.0 Å². The maximum absolute atomic E-state index is 14.6. The number of halogens is 1. The van der Waals surface area contributed by atoms with Gasteiger partial charge in [0.2, 0.25) is 11.8 Å². The number of nitrogens with one attached hydrogen (secondary N) is 1. The quantitative estimate of drug-likeness (QED) is 0.136. The molecule has 0 aliphatic rings. The minimum Gasteiger partial charge on any atom is -0.496 e. The summed E-state index contributed by atoms with van der Waals surface area (Å²) in [5.74, 6) is -0.311. The summed E-state index contributed by atoms with van der Waals surface area (Å²) in [5, 5.41) is 3.02. The lowest BCUT2D eigenvalue weighted by Crippen LogP contribution is -2.53. The molecule has 4 rings (SSSR count). The van der Waals surface area contributed by atoms with Gasteiger partial charge in [-0.2, -0.15) is 0 Å². The Kier molecular flexibility index (Phi) is 12.6. The van der Waals surface area contributed by atoms with E-state index in [4.69, 9.17) is 4.74 Å². The largest absolute Gasteiger partial charge is 0.496 e. The highest BCUT2D eigenvalue weighted by Gasteiger charge is 2.35. The van der Waals surface area contributed by atoms with Crippen molar-refractivity contribution in [2.24, 2.45) is 0 Å². The molecular formula is C37H42BrN3O5S. The summed E-state index contributed by atoms with van der Waals surface area (Å²) in [4.78, 5) is 30.0. The summed E-state index contributed by atoms with van der Waals surface area (Å²) in [6.07, 6.45) is 1.96. The summed E-state index contributed by atoms with van der Waals surface area (Å²) in [6, 6.07) is 27.8. The topological polar surface area (TPSA) is 96.0 Å². The van der Waals surface area contributed by atoms with E-state index < -0.39 is 28.5 Å². The van der Waals surface area contributed by atoms with Crippen molar-refractivity contribution in [1.82, 2.24) is 10.2 Å². The second-order valence-corrected chi connectivity index (χ2v) is 14.2. The summed E-state index contributed by atoms with van der Waals surface area (Å²) in [6.45, 7) is 5.99. The molecule has 0 radical (unpaired) electrons. The van der Waals surface area contributed by atoms with Gasteiger partial charge in [-0.15, -0.1) is 0 Å². The lowest BCUT2D eigenvalue weighted by atomic mass is 10.0. The van der Waals surface area contributed by atoms with Gasteiger partial charge in [0.15, 0.2) is 0 Å². The Balaban J connectivity index is 1.81. The third kappa shape index (κ3) is 9.23. The van der Waals surface area contributed by atoms with Crippen molar-refractivity contribution >= 4 is 43.5 Å². The number of ether oxygens (including phenoxy) is 1. The van der Waals surface area contributed by atoms with E-state index in [0.29, 0.717) is 22.5 Å². The van der Waals surface area contributed by atoms with Gasteiger partial charge in [0, 0.05) is 19.5 Å². The van der Waals surface area contributed by atoms with Crippen LogP contribution < -0.4 is 14.4 Å². The third-order valence-electron chi connectivity index (χ3n) is 8.01. The fourth-order valence-corrected chi connectivity index (χ4v) is 7.34. The minimum atomic E-state index is -4.25. The average molecular weight is 721 g/mol. The van der Waals surface area contributed by atoms with Gasteiger partial charge in [0.25, 0.3) is 10.0 Å². The van der Waals surface area contributed by atoms with Crippen LogP contribution in [0.5, 0.6) is 5.75 Å². The van der Waals surface area contributed by atoms with E-state index in [1.54, 1.807) is 30.3 Å². The third-order valence-corrected chi connectivity index (χ3v) is 10.4. The Morgan fingerprint density at radius 1 is 0.915 bits per heavy atom. The smallest absolute Gasteiger partial charge is 0.264 e. The average Bonchev–Trinajstić information content (AvgIpc) is 3.06. The zero-order chi connectivity index (χ0) is 34.0. The van der Waals surface area contributed by atoms with Crippen molar-refractivity contribution in [1.29, 1.82) is 0 Å². The van der Waals surface area contributed by atoms with Gasteiger partial charge in [-0.05, 0) is 83.2 Å². The van der Waals surface area contributed by atoms with Gasteiger partial charge in [-0.3, -0.25) is 13.9 Å². The number of carbonyl (C=O) groups excluding carboxylic acids is 2. The van der Waals surface area contributed by atoms with Gasteiger partial charge in [-0.1, -0.05) is 85.6 Å². The first kappa shape index (κ1) is 35.7. The molecule has 0 fully saturated rings. The van der Waals surface area contributed by atoms with E-state index >= 15 is 0 Å². The van der Waals surface area contributed by atoms with Crippen molar-refractivity contribution in [3.63, 3.8) is 0 Å². The predicted octanol–water partition coefficient (Wildman–Crippen LogP) is 6.83. The van der Waals surface area contributed by atoms with E-state index in [1.807, 2.05) is 75.4 Å². The Morgan fingerprint density at radius 3 is 2.23 bits per heavy atom. The zero-order valence-electron chi connectivity index (χ0n) is 27.3. The highest BCUT2D eigenvalue weighted by Crippen LogP contribution is 2.31. The van der Waals surface area contributed by atoms with Gasteiger partial charge in [-0.25, -0.2) is 8.42 Å². The van der Waals surface area contributed by atoms with Crippen LogP contribution in [0.3, 0.4) is 0 Å². The second kappa shape index (κ2) is 16.6. The first-order valence-corrected chi connectivity index (χ1v) is 17.9. The maximum atomic E-state index is 14.6. The number of benzene rings is 4. The van der Waals surface area contributed by atoms with Gasteiger partial charge < -0.3 is 15.0 Å². The number of rotatable bonds is 15. The number of hydrogen-bond acceptors (Lipinski definition) is 5. The number of methoxy groups -OCH3 is 1. The van der Waals surface area contributed by atoms with Crippen molar-refractivity contribution in [3.05, 3.63) is 124 Å². The first-order chi connectivity index (χ1) is 22.5. The molecule has 2 amide bonds. The SMILES string of the molecule is CCCCNC(=O)[C@H](Cc1ccccc1)N(Cc1ccccc1C)C(=O)CN(c1ccc(C)cc1)S(=O)(=O)c1ccc(OC)c(Br)c1. The lowest BCUT2D eigenvalue weighted by Gasteiger charge is -2.34. The second-order valence-electron chi connectivity index (χ2n) is 11.4. The van der Waals surface area contributed by atoms with Crippen LogP contribution in [0.1, 0.15) is 42.0 Å². The molecule has 4 aromatic carbocycles. The summed E-state index contributed by atoms with van der Waals surface area (Å²) in [5.41, 5.74) is 3.98. The van der Waals surface area contributed by atoms with Crippen LogP contribution >= 0.6 is 15.9 Å². The molecule has 0 aliphatic heterocycles. The predicted molar refractivity (Wildman–Crippen MR) is 190 cm³/mol. The Bertz CT molecular complexity index is 1760. The van der Waals surface area contributed by atoms with Gasteiger partial charge >= 0.3 is 0 Å². The van der Waals surface area contributed by atoms with Crippen molar-refractivity contribution < 1.29 is 22.7 Å². The molecule has 0 unspecified atom stereocenters. The highest BCUT2D eigenvalue weighted by molar-refractivity contribution is 9.10. The Hall–Kier alpha value is -4.15. The minimum absolute atomic E-state index is 0.0119. The molecule has 248 valence electrons. The number of carbonyl (C=O) groups is 2. The lowest BCUT2D eigenvalue weighted by molar-refractivity contribution is -0.140. The number of unbranched alkanes of at least 4 members (excludes halogenated alkanes) is 1.